The molecule has 2 nitrogen and oxygen atoms in total. The maximum Gasteiger partial charge on any atom is 0.302 e. The minimum absolute atomic E-state index is 0.131. The van der Waals surface area contributed by atoms with E-state index in [1.165, 1.54) is 61.2 Å². The van der Waals surface area contributed by atoms with Crippen LogP contribution in [0.2, 0.25) is 0 Å². The van der Waals surface area contributed by atoms with E-state index >= 15 is 0 Å². The Morgan fingerprint density at radius 2 is 1.21 bits per heavy atom. The van der Waals surface area contributed by atoms with Crippen LogP contribution in [-0.4, -0.2) is 16.2 Å². The minimum Gasteiger partial charge on any atom is -0.460 e. The number of hydrogen-bond acceptors (Lipinski definition) is 4. The third-order valence-corrected chi connectivity index (χ3v) is 9.21. The van der Waals surface area contributed by atoms with Crippen LogP contribution in [0.25, 0.3) is 0 Å². The van der Waals surface area contributed by atoms with Crippen molar-refractivity contribution in [1.82, 2.24) is 0 Å². The van der Waals surface area contributed by atoms with Gasteiger partial charge in [0.05, 0.1) is 0 Å². The lowest BCUT2D eigenvalue weighted by Crippen LogP contribution is -2.39. The number of benzene rings is 2. The van der Waals surface area contributed by atoms with Gasteiger partial charge < -0.3 is 4.74 Å². The molecule has 0 aliphatic rings. The molecule has 34 heavy (non-hydrogen) atoms. The monoisotopic (exact) mass is 500 g/mol. The molecule has 0 fully saturated rings. The van der Waals surface area contributed by atoms with Gasteiger partial charge in [-0.05, 0) is 43.5 Å². The lowest BCUT2D eigenvalue weighted by Gasteiger charge is -2.39. The summed E-state index contributed by atoms with van der Waals surface area (Å²) in [6.07, 6.45) is 14.0. The summed E-state index contributed by atoms with van der Waals surface area (Å²) in [7, 11) is 0. The molecule has 0 saturated heterocycles. The molecule has 0 aromatic heterocycles. The highest BCUT2D eigenvalue weighted by atomic mass is 32.2. The van der Waals surface area contributed by atoms with Crippen LogP contribution in [0, 0.1) is 0 Å². The van der Waals surface area contributed by atoms with Crippen molar-refractivity contribution in [1.29, 1.82) is 0 Å². The first-order chi connectivity index (χ1) is 16.6. The number of esters is 1. The first-order valence-electron chi connectivity index (χ1n) is 13.2. The summed E-state index contributed by atoms with van der Waals surface area (Å²) in [5, 5.41) is 0. The number of ether oxygens (including phenoxy) is 1. The van der Waals surface area contributed by atoms with Gasteiger partial charge in [-0.15, -0.1) is 23.5 Å². The maximum absolute atomic E-state index is 12.3. The van der Waals surface area contributed by atoms with Gasteiger partial charge in [0.2, 0.25) is 0 Å². The normalized spacial score (nSPS) is 12.4. The topological polar surface area (TPSA) is 26.3 Å². The third-order valence-electron chi connectivity index (χ3n) is 6.07. The van der Waals surface area contributed by atoms with Crippen LogP contribution < -0.4 is 0 Å². The summed E-state index contributed by atoms with van der Waals surface area (Å²) < 4.78 is 5.91. The van der Waals surface area contributed by atoms with Gasteiger partial charge in [-0.3, -0.25) is 4.79 Å². The first-order valence-corrected chi connectivity index (χ1v) is 14.9. The molecule has 0 bridgehead atoms. The largest absolute Gasteiger partial charge is 0.460 e. The van der Waals surface area contributed by atoms with Crippen molar-refractivity contribution in [3.05, 3.63) is 60.7 Å². The van der Waals surface area contributed by atoms with E-state index in [0.717, 1.165) is 25.7 Å². The van der Waals surface area contributed by atoms with Crippen molar-refractivity contribution in [2.75, 3.05) is 0 Å². The molecule has 2 rings (SSSR count). The maximum atomic E-state index is 12.3. The molecule has 0 aliphatic heterocycles. The van der Waals surface area contributed by atoms with Crippen LogP contribution in [0.1, 0.15) is 97.8 Å². The molecule has 2 aromatic carbocycles. The lowest BCUT2D eigenvalue weighted by atomic mass is 10.0. The third kappa shape index (κ3) is 10.9. The van der Waals surface area contributed by atoms with E-state index in [-0.39, 0.29) is 16.2 Å². The van der Waals surface area contributed by atoms with Gasteiger partial charge in [0.25, 0.3) is 0 Å². The average Bonchev–Trinajstić information content (AvgIpc) is 2.84. The second-order valence-corrected chi connectivity index (χ2v) is 12.2. The molecular formula is C30H44O2S2. The number of carbonyl (C=O) groups is 1. The molecule has 1 unspecified atom stereocenters. The van der Waals surface area contributed by atoms with Crippen molar-refractivity contribution in [2.45, 2.75) is 118 Å². The molecule has 2 aromatic rings. The fraction of sp³-hybridized carbons (Fsp3) is 0.567. The zero-order valence-corrected chi connectivity index (χ0v) is 23.1. The molecular weight excluding hydrogens is 456 g/mol. The van der Waals surface area contributed by atoms with E-state index in [2.05, 4.69) is 74.5 Å². The van der Waals surface area contributed by atoms with Crippen LogP contribution in [-0.2, 0) is 9.53 Å². The summed E-state index contributed by atoms with van der Waals surface area (Å²) in [6.45, 7) is 6.07. The van der Waals surface area contributed by atoms with Crippen molar-refractivity contribution < 1.29 is 9.53 Å². The fourth-order valence-corrected chi connectivity index (χ4v) is 7.48. The summed E-state index contributed by atoms with van der Waals surface area (Å²) >= 11 is 3.80. The molecule has 0 spiro atoms. The quantitative estimate of drug-likeness (QED) is 0.0880. The van der Waals surface area contributed by atoms with Crippen molar-refractivity contribution >= 4 is 29.5 Å². The van der Waals surface area contributed by atoms with E-state index in [0.29, 0.717) is 0 Å². The lowest BCUT2D eigenvalue weighted by molar-refractivity contribution is -0.147. The number of unbranched alkanes of at least 4 members (excludes halogenated alkanes) is 8. The summed E-state index contributed by atoms with van der Waals surface area (Å²) in [6, 6.07) is 21.3. The van der Waals surface area contributed by atoms with Gasteiger partial charge in [-0.1, -0.05) is 108 Å². The Labute approximate surface area is 217 Å². The van der Waals surface area contributed by atoms with E-state index in [1.54, 1.807) is 6.92 Å². The Morgan fingerprint density at radius 3 is 1.68 bits per heavy atom. The number of rotatable bonds is 18. The van der Waals surface area contributed by atoms with Gasteiger partial charge in [0, 0.05) is 16.7 Å². The molecule has 188 valence electrons. The average molecular weight is 501 g/mol. The van der Waals surface area contributed by atoms with E-state index in [9.17, 15) is 4.79 Å². The molecule has 1 atom stereocenters. The predicted molar refractivity (Wildman–Crippen MR) is 150 cm³/mol. The van der Waals surface area contributed by atoms with Crippen LogP contribution in [0.5, 0.6) is 0 Å². The van der Waals surface area contributed by atoms with Gasteiger partial charge in [0.1, 0.15) is 10.2 Å². The Hall–Kier alpha value is -1.39. The van der Waals surface area contributed by atoms with Crippen LogP contribution in [0.4, 0.5) is 0 Å². The van der Waals surface area contributed by atoms with E-state index in [4.69, 9.17) is 4.74 Å². The number of carbonyl (C=O) groups excluding carboxylic acids is 1. The van der Waals surface area contributed by atoms with Gasteiger partial charge in [-0.2, -0.15) is 0 Å². The Morgan fingerprint density at radius 1 is 0.735 bits per heavy atom. The van der Waals surface area contributed by atoms with Crippen LogP contribution in [0.15, 0.2) is 70.5 Å². The SMILES string of the molecule is CCCCCCCC(OC(C)=O)C(CCCCCCC)(Sc1ccccc1)Sc1ccccc1. The fourth-order valence-electron chi connectivity index (χ4n) is 4.27. The molecule has 0 heterocycles. The molecule has 4 heteroatoms. The second-order valence-electron chi connectivity index (χ2n) is 9.11. The molecule has 0 radical (unpaired) electrons. The van der Waals surface area contributed by atoms with Crippen molar-refractivity contribution in [3.63, 3.8) is 0 Å². The van der Waals surface area contributed by atoms with E-state index in [1.807, 2.05) is 23.5 Å². The zero-order valence-electron chi connectivity index (χ0n) is 21.5. The number of hydrogen-bond donors (Lipinski definition) is 0. The highest BCUT2D eigenvalue weighted by molar-refractivity contribution is 8.18. The minimum atomic E-state index is -0.259. The Balaban J connectivity index is 2.36. The molecule has 0 N–H and O–H groups in total. The van der Waals surface area contributed by atoms with Gasteiger partial charge in [-0.25, -0.2) is 0 Å². The summed E-state index contributed by atoms with van der Waals surface area (Å²) in [4.78, 5) is 14.8. The van der Waals surface area contributed by atoms with Gasteiger partial charge in [0.15, 0.2) is 0 Å². The molecule has 0 aliphatic carbocycles. The molecule has 0 amide bonds. The second kappa shape index (κ2) is 17.1. The van der Waals surface area contributed by atoms with E-state index < -0.39 is 0 Å². The zero-order chi connectivity index (χ0) is 24.5. The Bertz CT molecular complexity index is 737. The van der Waals surface area contributed by atoms with Crippen molar-refractivity contribution in [2.24, 2.45) is 0 Å². The smallest absolute Gasteiger partial charge is 0.302 e. The highest BCUT2D eigenvalue weighted by Crippen LogP contribution is 2.53. The van der Waals surface area contributed by atoms with Crippen LogP contribution >= 0.6 is 23.5 Å². The highest BCUT2D eigenvalue weighted by Gasteiger charge is 2.42. The van der Waals surface area contributed by atoms with Crippen LogP contribution in [0.3, 0.4) is 0 Å². The Kier molecular flexibility index (Phi) is 14.5. The van der Waals surface area contributed by atoms with Gasteiger partial charge >= 0.3 is 5.97 Å². The first kappa shape index (κ1) is 28.8. The summed E-state index contributed by atoms with van der Waals surface area (Å²) in [5.74, 6) is -0.170. The summed E-state index contributed by atoms with van der Waals surface area (Å²) in [5.41, 5.74) is 0. The van der Waals surface area contributed by atoms with Crippen molar-refractivity contribution in [3.8, 4) is 0 Å². The standard InChI is InChI=1S/C30H44O2S2/c1-4-6-8-10-18-24-29(32-26(3)31)30(25-19-11-9-7-5-2,33-27-20-14-12-15-21-27)34-28-22-16-13-17-23-28/h12-17,20-23,29H,4-11,18-19,24-25H2,1-3H3. The number of thioether (sulfide) groups is 2. The predicted octanol–water partition coefficient (Wildman–Crippen LogP) is 9.92. The molecule has 0 saturated carbocycles.